The molecule has 0 spiro atoms. The quantitative estimate of drug-likeness (QED) is 0.662. The minimum absolute atomic E-state index is 1.16. The van der Waals surface area contributed by atoms with E-state index in [-0.39, 0.29) is 0 Å². The van der Waals surface area contributed by atoms with Crippen LogP contribution in [0.3, 0.4) is 0 Å². The lowest BCUT2D eigenvalue weighted by Crippen LogP contribution is -2.25. The maximum atomic E-state index is 2.45. The van der Waals surface area contributed by atoms with Gasteiger partial charge in [-0.3, -0.25) is 0 Å². The van der Waals surface area contributed by atoms with Gasteiger partial charge >= 0.3 is 0 Å². The van der Waals surface area contributed by atoms with Gasteiger partial charge in [0, 0.05) is 17.2 Å². The Hall–Kier alpha value is -0.470. The molecule has 0 bridgehead atoms. The van der Waals surface area contributed by atoms with E-state index < -0.39 is 0 Å². The van der Waals surface area contributed by atoms with Crippen molar-refractivity contribution in [3.63, 3.8) is 0 Å². The fourth-order valence-corrected chi connectivity index (χ4v) is 2.28. The van der Waals surface area contributed by atoms with Gasteiger partial charge in [0.25, 0.3) is 0 Å². The third-order valence-electron chi connectivity index (χ3n) is 2.31. The van der Waals surface area contributed by atoms with E-state index in [9.17, 15) is 0 Å². The highest BCUT2D eigenvalue weighted by atomic mass is 32.2. The Kier molecular flexibility index (Phi) is 5.72. The van der Waals surface area contributed by atoms with Crippen LogP contribution in [0.4, 0.5) is 0 Å². The van der Waals surface area contributed by atoms with E-state index >= 15 is 0 Å². The smallest absolute Gasteiger partial charge is 0.0108 e. The normalized spacial score (nSPS) is 10.8. The summed E-state index contributed by atoms with van der Waals surface area (Å²) >= 11 is 1.94. The minimum atomic E-state index is 1.16. The van der Waals surface area contributed by atoms with Crippen LogP contribution in [0.2, 0.25) is 0 Å². The van der Waals surface area contributed by atoms with Crippen LogP contribution in [0.1, 0.15) is 13.8 Å². The standard InChI is InChI=1S/C12H19NS/c1-3-13(4-2)10-11-14-12-8-6-5-7-9-12/h5-9H,3-4,10-11H2,1-2H3. The molecular formula is C12H19NS. The van der Waals surface area contributed by atoms with Gasteiger partial charge in [0.15, 0.2) is 0 Å². The van der Waals surface area contributed by atoms with Crippen LogP contribution in [0.5, 0.6) is 0 Å². The average Bonchev–Trinajstić information content (AvgIpc) is 2.26. The van der Waals surface area contributed by atoms with Crippen molar-refractivity contribution in [1.29, 1.82) is 0 Å². The highest BCUT2D eigenvalue weighted by molar-refractivity contribution is 7.99. The molecule has 14 heavy (non-hydrogen) atoms. The number of rotatable bonds is 6. The Morgan fingerprint density at radius 1 is 1.07 bits per heavy atom. The molecule has 0 aliphatic heterocycles. The largest absolute Gasteiger partial charge is 0.303 e. The van der Waals surface area contributed by atoms with Crippen molar-refractivity contribution in [3.05, 3.63) is 30.3 Å². The van der Waals surface area contributed by atoms with Crippen molar-refractivity contribution < 1.29 is 0 Å². The maximum Gasteiger partial charge on any atom is 0.0108 e. The molecule has 0 aliphatic carbocycles. The second-order valence-corrected chi connectivity index (χ2v) is 4.36. The van der Waals surface area contributed by atoms with Crippen LogP contribution in [0.15, 0.2) is 35.2 Å². The van der Waals surface area contributed by atoms with E-state index in [2.05, 4.69) is 49.1 Å². The van der Waals surface area contributed by atoms with Gasteiger partial charge in [-0.1, -0.05) is 32.0 Å². The van der Waals surface area contributed by atoms with E-state index in [1.165, 1.54) is 17.2 Å². The first kappa shape index (κ1) is 11.6. The summed E-state index contributed by atoms with van der Waals surface area (Å²) in [5.41, 5.74) is 0. The average molecular weight is 209 g/mol. The Labute approximate surface area is 91.5 Å². The van der Waals surface area contributed by atoms with Gasteiger partial charge < -0.3 is 4.90 Å². The topological polar surface area (TPSA) is 3.24 Å². The van der Waals surface area contributed by atoms with Crippen molar-refractivity contribution in [2.45, 2.75) is 18.7 Å². The SMILES string of the molecule is CCN(CC)CCSc1ccccc1. The van der Waals surface area contributed by atoms with E-state index in [0.717, 1.165) is 13.1 Å². The highest BCUT2D eigenvalue weighted by Crippen LogP contribution is 2.16. The number of nitrogens with zero attached hydrogens (tertiary/aromatic N) is 1. The third-order valence-corrected chi connectivity index (χ3v) is 3.31. The molecule has 78 valence electrons. The van der Waals surface area contributed by atoms with Gasteiger partial charge in [-0.25, -0.2) is 0 Å². The summed E-state index contributed by atoms with van der Waals surface area (Å²) in [6.45, 7) is 7.94. The lowest BCUT2D eigenvalue weighted by atomic mass is 10.4. The first-order valence-electron chi connectivity index (χ1n) is 5.27. The minimum Gasteiger partial charge on any atom is -0.303 e. The zero-order chi connectivity index (χ0) is 10.2. The molecule has 0 atom stereocenters. The van der Waals surface area contributed by atoms with E-state index in [0.29, 0.717) is 0 Å². The molecule has 0 unspecified atom stereocenters. The van der Waals surface area contributed by atoms with Gasteiger partial charge in [-0.2, -0.15) is 0 Å². The van der Waals surface area contributed by atoms with Crippen molar-refractivity contribution in [1.82, 2.24) is 4.90 Å². The molecule has 0 N–H and O–H groups in total. The Balaban J connectivity index is 2.21. The molecule has 0 fully saturated rings. The molecule has 0 saturated carbocycles. The molecule has 0 radical (unpaired) electrons. The second-order valence-electron chi connectivity index (χ2n) is 3.19. The molecular weight excluding hydrogens is 190 g/mol. The number of hydrogen-bond donors (Lipinski definition) is 0. The van der Waals surface area contributed by atoms with Crippen molar-refractivity contribution in [2.24, 2.45) is 0 Å². The fourth-order valence-electron chi connectivity index (χ4n) is 1.35. The number of thioether (sulfide) groups is 1. The van der Waals surface area contributed by atoms with E-state index in [4.69, 9.17) is 0 Å². The van der Waals surface area contributed by atoms with Gasteiger partial charge in [0.05, 0.1) is 0 Å². The zero-order valence-electron chi connectivity index (χ0n) is 9.07. The molecule has 0 aromatic heterocycles. The molecule has 0 heterocycles. The molecule has 1 nitrogen and oxygen atoms in total. The summed E-state index contributed by atoms with van der Waals surface area (Å²) in [5.74, 6) is 1.19. The van der Waals surface area contributed by atoms with Crippen LogP contribution in [0, 0.1) is 0 Å². The Bertz CT molecular complexity index is 231. The monoisotopic (exact) mass is 209 g/mol. The van der Waals surface area contributed by atoms with Gasteiger partial charge in [0.2, 0.25) is 0 Å². The van der Waals surface area contributed by atoms with E-state index in [1.807, 2.05) is 11.8 Å². The van der Waals surface area contributed by atoms with Crippen LogP contribution < -0.4 is 0 Å². The van der Waals surface area contributed by atoms with Crippen LogP contribution in [-0.2, 0) is 0 Å². The summed E-state index contributed by atoms with van der Waals surface area (Å²) in [6, 6.07) is 10.6. The lowest BCUT2D eigenvalue weighted by molar-refractivity contribution is 0.324. The summed E-state index contributed by atoms with van der Waals surface area (Å²) in [5, 5.41) is 0. The third kappa shape index (κ3) is 4.16. The first-order chi connectivity index (χ1) is 6.86. The van der Waals surface area contributed by atoms with Crippen molar-refractivity contribution in [2.75, 3.05) is 25.4 Å². The lowest BCUT2D eigenvalue weighted by Gasteiger charge is -2.17. The van der Waals surface area contributed by atoms with Crippen LogP contribution in [0.25, 0.3) is 0 Å². The summed E-state index contributed by atoms with van der Waals surface area (Å²) in [6.07, 6.45) is 0. The number of benzene rings is 1. The zero-order valence-corrected chi connectivity index (χ0v) is 9.89. The summed E-state index contributed by atoms with van der Waals surface area (Å²) in [4.78, 5) is 3.83. The number of hydrogen-bond acceptors (Lipinski definition) is 2. The Morgan fingerprint density at radius 3 is 2.29 bits per heavy atom. The molecule has 0 amide bonds. The summed E-state index contributed by atoms with van der Waals surface area (Å²) in [7, 11) is 0. The first-order valence-corrected chi connectivity index (χ1v) is 6.25. The molecule has 2 heteroatoms. The van der Waals surface area contributed by atoms with Gasteiger partial charge in [-0.05, 0) is 25.2 Å². The molecule has 0 saturated heterocycles. The fraction of sp³-hybridized carbons (Fsp3) is 0.500. The van der Waals surface area contributed by atoms with Gasteiger partial charge in [0.1, 0.15) is 0 Å². The van der Waals surface area contributed by atoms with Gasteiger partial charge in [-0.15, -0.1) is 11.8 Å². The molecule has 1 aromatic carbocycles. The molecule has 0 aliphatic rings. The van der Waals surface area contributed by atoms with Crippen molar-refractivity contribution >= 4 is 11.8 Å². The second kappa shape index (κ2) is 6.91. The maximum absolute atomic E-state index is 2.45. The van der Waals surface area contributed by atoms with Crippen LogP contribution >= 0.6 is 11.8 Å². The predicted octanol–water partition coefficient (Wildman–Crippen LogP) is 3.12. The summed E-state index contributed by atoms with van der Waals surface area (Å²) < 4.78 is 0. The van der Waals surface area contributed by atoms with E-state index in [1.54, 1.807) is 0 Å². The molecule has 1 aromatic rings. The molecule has 1 rings (SSSR count). The highest BCUT2D eigenvalue weighted by Gasteiger charge is 1.98. The van der Waals surface area contributed by atoms with Crippen molar-refractivity contribution in [3.8, 4) is 0 Å². The Morgan fingerprint density at radius 2 is 1.71 bits per heavy atom. The predicted molar refractivity (Wildman–Crippen MR) is 65.0 cm³/mol. The van der Waals surface area contributed by atoms with Crippen LogP contribution in [-0.4, -0.2) is 30.3 Å².